The van der Waals surface area contributed by atoms with Gasteiger partial charge in [-0.15, -0.1) is 11.3 Å². The maximum absolute atomic E-state index is 4.51. The fourth-order valence-corrected chi connectivity index (χ4v) is 3.55. The lowest BCUT2D eigenvalue weighted by atomic mass is 9.78. The van der Waals surface area contributed by atoms with Gasteiger partial charge in [0, 0.05) is 31.9 Å². The zero-order valence-electron chi connectivity index (χ0n) is 13.3. The van der Waals surface area contributed by atoms with Crippen molar-refractivity contribution < 1.29 is 0 Å². The van der Waals surface area contributed by atoms with Crippen molar-refractivity contribution in [1.29, 1.82) is 0 Å². The summed E-state index contributed by atoms with van der Waals surface area (Å²) in [5, 5.41) is 6.71. The molecule has 0 fully saturated rings. The number of nitrogens with zero attached hydrogens (tertiary/aromatic N) is 3. The zero-order chi connectivity index (χ0) is 15.5. The molecule has 116 valence electrons. The topological polar surface area (TPSA) is 40.5 Å². The van der Waals surface area contributed by atoms with E-state index in [1.165, 1.54) is 11.1 Å². The van der Waals surface area contributed by atoms with Gasteiger partial charge in [-0.1, -0.05) is 24.3 Å². The minimum Gasteiger partial charge on any atom is -0.356 e. The molecule has 0 amide bonds. The first-order valence-electron chi connectivity index (χ1n) is 7.58. The predicted molar refractivity (Wildman–Crippen MR) is 92.6 cm³/mol. The molecule has 1 atom stereocenters. The number of hydrogen-bond donors (Lipinski definition) is 1. The van der Waals surface area contributed by atoms with Gasteiger partial charge in [-0.3, -0.25) is 4.99 Å². The van der Waals surface area contributed by atoms with Gasteiger partial charge in [0.25, 0.3) is 0 Å². The number of aliphatic imine (C=N–C) groups is 1. The Balaban J connectivity index is 1.54. The molecule has 0 saturated heterocycles. The van der Waals surface area contributed by atoms with E-state index >= 15 is 0 Å². The lowest BCUT2D eigenvalue weighted by Crippen LogP contribution is -2.41. The number of nitrogens with one attached hydrogen (secondary N) is 1. The van der Waals surface area contributed by atoms with Crippen LogP contribution in [0.1, 0.15) is 27.7 Å². The van der Waals surface area contributed by atoms with Crippen LogP contribution in [0, 0.1) is 6.92 Å². The van der Waals surface area contributed by atoms with Gasteiger partial charge in [0.1, 0.15) is 0 Å². The van der Waals surface area contributed by atoms with E-state index in [1.54, 1.807) is 11.3 Å². The number of guanidine groups is 1. The number of aryl methyl sites for hydroxylation is 1. The summed E-state index contributed by atoms with van der Waals surface area (Å²) in [4.78, 5) is 11.0. The molecule has 1 aromatic heterocycles. The normalized spacial score (nSPS) is 16.9. The molecular formula is C17H22N4S. The Morgan fingerprint density at radius 2 is 2.27 bits per heavy atom. The van der Waals surface area contributed by atoms with Gasteiger partial charge in [-0.25, -0.2) is 4.98 Å². The average molecular weight is 314 g/mol. The van der Waals surface area contributed by atoms with Crippen LogP contribution in [0.5, 0.6) is 0 Å². The SMILES string of the molecule is CN=C(NCC1Cc2ccccc21)N(C)Cc1csc(C)n1. The summed E-state index contributed by atoms with van der Waals surface area (Å²) in [5.74, 6) is 1.53. The Kier molecular flexibility index (Phi) is 4.43. The first-order valence-corrected chi connectivity index (χ1v) is 8.46. The Morgan fingerprint density at radius 3 is 2.95 bits per heavy atom. The molecular weight excluding hydrogens is 292 g/mol. The maximum Gasteiger partial charge on any atom is 0.193 e. The van der Waals surface area contributed by atoms with Crippen LogP contribution < -0.4 is 5.32 Å². The van der Waals surface area contributed by atoms with Crippen LogP contribution in [0.2, 0.25) is 0 Å². The summed E-state index contributed by atoms with van der Waals surface area (Å²) in [7, 11) is 3.89. The highest BCUT2D eigenvalue weighted by Crippen LogP contribution is 2.33. The van der Waals surface area contributed by atoms with Crippen molar-refractivity contribution in [1.82, 2.24) is 15.2 Å². The highest BCUT2D eigenvalue weighted by atomic mass is 32.1. The van der Waals surface area contributed by atoms with Crippen LogP contribution >= 0.6 is 11.3 Å². The molecule has 5 heteroatoms. The molecule has 22 heavy (non-hydrogen) atoms. The van der Waals surface area contributed by atoms with E-state index in [9.17, 15) is 0 Å². The summed E-state index contributed by atoms with van der Waals surface area (Å²) >= 11 is 1.69. The van der Waals surface area contributed by atoms with Crippen molar-refractivity contribution in [2.75, 3.05) is 20.6 Å². The molecule has 1 aliphatic carbocycles. The van der Waals surface area contributed by atoms with Gasteiger partial charge < -0.3 is 10.2 Å². The molecule has 0 bridgehead atoms. The predicted octanol–water partition coefficient (Wildman–Crippen LogP) is 2.80. The van der Waals surface area contributed by atoms with E-state index in [0.717, 1.165) is 36.2 Å². The second-order valence-corrected chi connectivity index (χ2v) is 6.80. The third-order valence-corrected chi connectivity index (χ3v) is 4.93. The van der Waals surface area contributed by atoms with Crippen molar-refractivity contribution >= 4 is 17.3 Å². The van der Waals surface area contributed by atoms with Crippen LogP contribution in [0.4, 0.5) is 0 Å². The minimum atomic E-state index is 0.600. The second kappa shape index (κ2) is 6.48. The van der Waals surface area contributed by atoms with E-state index in [0.29, 0.717) is 5.92 Å². The third kappa shape index (κ3) is 3.14. The van der Waals surface area contributed by atoms with Crippen molar-refractivity contribution in [3.63, 3.8) is 0 Å². The Hall–Kier alpha value is -1.88. The summed E-state index contributed by atoms with van der Waals surface area (Å²) < 4.78 is 0. The molecule has 3 rings (SSSR count). The van der Waals surface area contributed by atoms with Gasteiger partial charge >= 0.3 is 0 Å². The van der Waals surface area contributed by atoms with E-state index in [4.69, 9.17) is 0 Å². The molecule has 0 radical (unpaired) electrons. The molecule has 0 spiro atoms. The molecule has 1 N–H and O–H groups in total. The van der Waals surface area contributed by atoms with E-state index in [2.05, 4.69) is 56.9 Å². The van der Waals surface area contributed by atoms with Crippen molar-refractivity contribution in [2.45, 2.75) is 25.8 Å². The van der Waals surface area contributed by atoms with Gasteiger partial charge in [-0.05, 0) is 24.5 Å². The number of aromatic nitrogens is 1. The molecule has 1 heterocycles. The van der Waals surface area contributed by atoms with Crippen LogP contribution in [0.25, 0.3) is 0 Å². The van der Waals surface area contributed by atoms with Gasteiger partial charge in [0.05, 0.1) is 17.2 Å². The Bertz CT molecular complexity index is 677. The maximum atomic E-state index is 4.51. The quantitative estimate of drug-likeness (QED) is 0.697. The van der Waals surface area contributed by atoms with E-state index < -0.39 is 0 Å². The fraction of sp³-hybridized carbons (Fsp3) is 0.412. The monoisotopic (exact) mass is 314 g/mol. The fourth-order valence-electron chi connectivity index (χ4n) is 2.94. The number of rotatable bonds is 4. The number of hydrogen-bond acceptors (Lipinski definition) is 3. The summed E-state index contributed by atoms with van der Waals surface area (Å²) in [6, 6.07) is 8.69. The smallest absolute Gasteiger partial charge is 0.193 e. The van der Waals surface area contributed by atoms with Crippen molar-refractivity contribution in [3.8, 4) is 0 Å². The van der Waals surface area contributed by atoms with Crippen LogP contribution in [0.15, 0.2) is 34.6 Å². The molecule has 0 saturated carbocycles. The summed E-state index contributed by atoms with van der Waals surface area (Å²) in [6.45, 7) is 3.75. The number of fused-ring (bicyclic) bond motifs is 1. The number of benzene rings is 1. The largest absolute Gasteiger partial charge is 0.356 e. The van der Waals surface area contributed by atoms with Gasteiger partial charge in [0.2, 0.25) is 0 Å². The standard InChI is InChI=1S/C17H22N4S/c1-12-20-15(11-22-12)10-21(3)17(18-2)19-9-14-8-13-6-4-5-7-16(13)14/h4-7,11,14H,8-10H2,1-3H3,(H,18,19). The van der Waals surface area contributed by atoms with Crippen molar-refractivity contribution in [2.24, 2.45) is 4.99 Å². The van der Waals surface area contributed by atoms with Crippen LogP contribution in [0.3, 0.4) is 0 Å². The third-order valence-electron chi connectivity index (χ3n) is 4.11. The minimum absolute atomic E-state index is 0.600. The van der Waals surface area contributed by atoms with E-state index in [1.807, 2.05) is 14.0 Å². The van der Waals surface area contributed by atoms with E-state index in [-0.39, 0.29) is 0 Å². The lowest BCUT2D eigenvalue weighted by molar-refractivity contribution is 0.461. The lowest BCUT2D eigenvalue weighted by Gasteiger charge is -2.31. The average Bonchev–Trinajstić information content (AvgIpc) is 2.89. The van der Waals surface area contributed by atoms with Gasteiger partial charge in [-0.2, -0.15) is 0 Å². The summed E-state index contributed by atoms with van der Waals surface area (Å²) in [6.07, 6.45) is 1.16. The molecule has 4 nitrogen and oxygen atoms in total. The van der Waals surface area contributed by atoms with Crippen LogP contribution in [-0.2, 0) is 13.0 Å². The Morgan fingerprint density at radius 1 is 1.45 bits per heavy atom. The number of thiazole rings is 1. The highest BCUT2D eigenvalue weighted by Gasteiger charge is 2.25. The molecule has 1 aliphatic rings. The Labute approximate surface area is 135 Å². The molecule has 1 aromatic carbocycles. The molecule has 0 aliphatic heterocycles. The van der Waals surface area contributed by atoms with Gasteiger partial charge in [0.15, 0.2) is 5.96 Å². The zero-order valence-corrected chi connectivity index (χ0v) is 14.2. The first kappa shape index (κ1) is 15.0. The van der Waals surface area contributed by atoms with Crippen LogP contribution in [-0.4, -0.2) is 36.5 Å². The molecule has 1 unspecified atom stereocenters. The van der Waals surface area contributed by atoms with Crippen molar-refractivity contribution in [3.05, 3.63) is 51.5 Å². The first-order chi connectivity index (χ1) is 10.7. The second-order valence-electron chi connectivity index (χ2n) is 5.74. The molecule has 2 aromatic rings. The summed E-state index contributed by atoms with van der Waals surface area (Å²) in [5.41, 5.74) is 4.06. The highest BCUT2D eigenvalue weighted by molar-refractivity contribution is 7.09.